The molecule has 5 aromatic carbocycles. The number of aromatic nitrogens is 7. The van der Waals surface area contributed by atoms with Crippen molar-refractivity contribution in [1.82, 2.24) is 33.7 Å². The summed E-state index contributed by atoms with van der Waals surface area (Å²) in [6, 6.07) is 35.0. The quantitative estimate of drug-likeness (QED) is 0.119. The number of pyridine rings is 3. The molecule has 0 saturated heterocycles. The van der Waals surface area contributed by atoms with Crippen molar-refractivity contribution in [3.8, 4) is 57.0 Å². The van der Waals surface area contributed by atoms with E-state index in [0.717, 1.165) is 24.5 Å². The van der Waals surface area contributed by atoms with E-state index in [0.29, 0.717) is 87.9 Å². The number of fused-ring (bicyclic) bond motifs is 4. The number of ether oxygens (including phenoxy) is 4. The number of halogens is 2. The molecule has 2 amide bonds. The molecule has 19 heteroatoms. The van der Waals surface area contributed by atoms with E-state index in [1.54, 1.807) is 109 Å². The summed E-state index contributed by atoms with van der Waals surface area (Å²) in [5.41, 5.74) is 3.56. The van der Waals surface area contributed by atoms with Crippen LogP contribution in [0.15, 0.2) is 162 Å². The number of anilines is 2. The number of benzene rings is 5. The van der Waals surface area contributed by atoms with Crippen LogP contribution in [0, 0.1) is 11.6 Å². The largest absolute Gasteiger partial charge is 0.497 e. The third kappa shape index (κ3) is 9.25. The van der Waals surface area contributed by atoms with Gasteiger partial charge in [0.2, 0.25) is 0 Å². The second-order valence-corrected chi connectivity index (χ2v) is 17.6. The van der Waals surface area contributed by atoms with Gasteiger partial charge in [-0.25, -0.2) is 18.1 Å². The van der Waals surface area contributed by atoms with E-state index in [9.17, 15) is 19.2 Å². The van der Waals surface area contributed by atoms with Crippen LogP contribution in [0.4, 0.5) is 20.2 Å². The van der Waals surface area contributed by atoms with Crippen LogP contribution < -0.4 is 40.7 Å². The first-order valence-corrected chi connectivity index (χ1v) is 24.1. The molecule has 17 nitrogen and oxygen atoms in total. The van der Waals surface area contributed by atoms with Gasteiger partial charge in [0.15, 0.2) is 23.1 Å². The Morgan fingerprint density at radius 3 is 1.39 bits per heavy atom. The number of amides is 2. The fourth-order valence-corrected chi connectivity index (χ4v) is 9.51. The van der Waals surface area contributed by atoms with E-state index < -0.39 is 23.4 Å². The molecule has 7 heterocycles. The normalized spacial score (nSPS) is 12.4. The van der Waals surface area contributed by atoms with Crippen molar-refractivity contribution in [2.45, 2.75) is 39.0 Å². The number of nitrogens with one attached hydrogen (secondary N) is 2. The summed E-state index contributed by atoms with van der Waals surface area (Å²) in [6.07, 6.45) is 7.99. The Morgan fingerprint density at radius 2 is 0.947 bits per heavy atom. The van der Waals surface area contributed by atoms with Gasteiger partial charge in [-0.3, -0.25) is 43.5 Å². The first-order valence-electron chi connectivity index (χ1n) is 24.1. The molecule has 0 saturated carbocycles. The zero-order valence-corrected chi connectivity index (χ0v) is 40.8. The number of rotatable bonds is 12. The Kier molecular flexibility index (Phi) is 13.1. The van der Waals surface area contributed by atoms with E-state index >= 15 is 8.78 Å². The van der Waals surface area contributed by atoms with E-state index in [-0.39, 0.29) is 45.1 Å². The van der Waals surface area contributed by atoms with Crippen LogP contribution in [0.3, 0.4) is 0 Å². The summed E-state index contributed by atoms with van der Waals surface area (Å²) in [7, 11) is 3.14. The molecule has 10 aromatic rings. The second-order valence-electron chi connectivity index (χ2n) is 17.6. The molecule has 2 N–H and O–H groups in total. The van der Waals surface area contributed by atoms with Crippen molar-refractivity contribution in [1.29, 1.82) is 0 Å². The number of carbonyl (C=O) groups excluding carboxylic acids is 2. The first kappa shape index (κ1) is 48.4. The van der Waals surface area contributed by atoms with Crippen molar-refractivity contribution in [2.75, 3.05) is 24.9 Å². The minimum atomic E-state index is -0.674. The van der Waals surface area contributed by atoms with Gasteiger partial charge in [-0.2, -0.15) is 0 Å². The minimum Gasteiger partial charge on any atom is -0.497 e. The van der Waals surface area contributed by atoms with Gasteiger partial charge < -0.3 is 29.6 Å². The maximum atomic E-state index is 15.1. The molecule has 0 atom stereocenters. The average Bonchev–Trinajstić information content (AvgIpc) is 4.38. The highest BCUT2D eigenvalue weighted by atomic mass is 19.1. The second kappa shape index (κ2) is 20.5. The van der Waals surface area contributed by atoms with E-state index in [2.05, 4.69) is 25.6 Å². The highest BCUT2D eigenvalue weighted by Gasteiger charge is 2.30. The molecular formula is C57H45F2N9O8. The lowest BCUT2D eigenvalue weighted by atomic mass is 10.1. The maximum Gasteiger partial charge on any atom is 0.280 e. The number of carbonyl (C=O) groups is 2. The molecule has 2 aliphatic rings. The molecule has 76 heavy (non-hydrogen) atoms. The van der Waals surface area contributed by atoms with Crippen LogP contribution in [0.1, 0.15) is 33.6 Å². The Morgan fingerprint density at radius 1 is 0.500 bits per heavy atom. The molecule has 0 spiro atoms. The van der Waals surface area contributed by atoms with E-state index in [1.807, 2.05) is 39.7 Å². The van der Waals surface area contributed by atoms with Gasteiger partial charge in [-0.15, -0.1) is 0 Å². The smallest absolute Gasteiger partial charge is 0.280 e. The van der Waals surface area contributed by atoms with E-state index in [1.165, 1.54) is 30.3 Å². The predicted octanol–water partition coefficient (Wildman–Crippen LogP) is 10.3. The summed E-state index contributed by atoms with van der Waals surface area (Å²) >= 11 is 0. The van der Waals surface area contributed by atoms with Crippen molar-refractivity contribution in [3.63, 3.8) is 0 Å². The number of methoxy groups -OCH3 is 2. The lowest BCUT2D eigenvalue weighted by Gasteiger charge is -2.12. The number of hydrogen-bond donors (Lipinski definition) is 2. The van der Waals surface area contributed by atoms with Crippen LogP contribution in [0.2, 0.25) is 0 Å². The standard InChI is InChI=1S/C29H23FN4O4.C28H22FN5O4/c1-37-20-9-10-21-23(17-20)31-13-12-24(21)38-25-11-8-19(16-22(25)30)32-28(35)26-27(18-6-3-2-4-7-18)33-14-5-15-34(33)29(26)36;1-37-19-4-5-20-22(16-19)31-12-9-23(20)38-24-6-3-18(15-21(24)29)32-27(35)25-26(17-7-10-30-11-8-17)33-13-2-14-34(33)28(25)36/h2-4,6-13,16-17H,5,14-15H2,1H3,(H,32,35);3-12,15-16H,2,13-14H2,1H3,(H,32,35). The predicted molar refractivity (Wildman–Crippen MR) is 281 cm³/mol. The van der Waals surface area contributed by atoms with Crippen molar-refractivity contribution >= 4 is 45.0 Å². The zero-order valence-electron chi connectivity index (χ0n) is 40.8. The molecule has 380 valence electrons. The first-order chi connectivity index (χ1) is 37.1. The highest BCUT2D eigenvalue weighted by molar-refractivity contribution is 6.09. The van der Waals surface area contributed by atoms with Crippen molar-refractivity contribution in [2.24, 2.45) is 0 Å². The van der Waals surface area contributed by atoms with Gasteiger partial charge in [0.05, 0.1) is 36.6 Å². The highest BCUT2D eigenvalue weighted by Crippen LogP contribution is 2.36. The summed E-state index contributed by atoms with van der Waals surface area (Å²) in [4.78, 5) is 65.5. The molecule has 12 rings (SSSR count). The molecule has 2 aliphatic heterocycles. The molecule has 0 radical (unpaired) electrons. The van der Waals surface area contributed by atoms with Crippen molar-refractivity contribution < 1.29 is 37.3 Å². The Balaban J connectivity index is 0.000000162. The van der Waals surface area contributed by atoms with Crippen LogP contribution in [-0.2, 0) is 26.2 Å². The van der Waals surface area contributed by atoms with Crippen LogP contribution >= 0.6 is 0 Å². The fraction of sp³-hybridized carbons (Fsp3) is 0.140. The van der Waals surface area contributed by atoms with E-state index in [4.69, 9.17) is 18.9 Å². The average molecular weight is 1020 g/mol. The third-order valence-electron chi connectivity index (χ3n) is 13.0. The summed E-state index contributed by atoms with van der Waals surface area (Å²) in [5.74, 6) is -0.434. The molecular weight excluding hydrogens is 977 g/mol. The molecule has 0 aliphatic carbocycles. The number of hydrogen-bond acceptors (Lipinski definition) is 11. The topological polar surface area (TPSA) is 188 Å². The molecule has 5 aromatic heterocycles. The van der Waals surface area contributed by atoms with Gasteiger partial charge in [-0.05, 0) is 85.6 Å². The minimum absolute atomic E-state index is 0.00955. The summed E-state index contributed by atoms with van der Waals surface area (Å²) < 4.78 is 59.1. The van der Waals surface area contributed by atoms with Gasteiger partial charge >= 0.3 is 0 Å². The van der Waals surface area contributed by atoms with Gasteiger partial charge in [0.25, 0.3) is 22.9 Å². The Bertz CT molecular complexity index is 3750. The van der Waals surface area contributed by atoms with Crippen LogP contribution in [0.5, 0.6) is 34.5 Å². The molecule has 0 unspecified atom stereocenters. The van der Waals surface area contributed by atoms with Crippen LogP contribution in [-0.4, -0.2) is 59.7 Å². The lowest BCUT2D eigenvalue weighted by Crippen LogP contribution is -2.24. The number of nitrogens with zero attached hydrogens (tertiary/aromatic N) is 7. The van der Waals surface area contributed by atoms with Gasteiger partial charge in [0, 0.05) is 109 Å². The SMILES string of the molecule is COc1ccc2c(Oc3ccc(NC(=O)c4c(-c5ccccc5)n5n(c4=O)CCC5)cc3F)ccnc2c1.COc1ccc2c(Oc3ccc(NC(=O)c4c(-c5ccncc5)n5n(c4=O)CCC5)cc3F)ccnc2c1. The Hall–Kier alpha value is -9.91. The lowest BCUT2D eigenvalue weighted by molar-refractivity contribution is 0.101. The summed E-state index contributed by atoms with van der Waals surface area (Å²) in [5, 5.41) is 6.74. The monoisotopic (exact) mass is 1020 g/mol. The summed E-state index contributed by atoms with van der Waals surface area (Å²) in [6.45, 7) is 2.34. The Labute approximate surface area is 431 Å². The zero-order chi connectivity index (χ0) is 52.5. The van der Waals surface area contributed by atoms with Crippen molar-refractivity contribution in [3.05, 3.63) is 196 Å². The van der Waals surface area contributed by atoms with Gasteiger partial charge in [-0.1, -0.05) is 30.3 Å². The third-order valence-corrected chi connectivity index (χ3v) is 13.0. The maximum absolute atomic E-state index is 15.1. The molecule has 0 bridgehead atoms. The fourth-order valence-electron chi connectivity index (χ4n) is 9.51. The van der Waals surface area contributed by atoms with Gasteiger partial charge in [0.1, 0.15) is 34.1 Å². The van der Waals surface area contributed by atoms with Crippen LogP contribution in [0.25, 0.3) is 44.3 Å². The molecule has 0 fully saturated rings.